The van der Waals surface area contributed by atoms with Crippen LogP contribution in [0.2, 0.25) is 0 Å². The van der Waals surface area contributed by atoms with Crippen molar-refractivity contribution >= 4 is 5.91 Å². The van der Waals surface area contributed by atoms with Gasteiger partial charge in [0.1, 0.15) is 5.75 Å². The van der Waals surface area contributed by atoms with E-state index in [0.717, 1.165) is 24.9 Å². The minimum Gasteiger partial charge on any atom is -0.406 e. The lowest BCUT2D eigenvalue weighted by atomic mass is 10.1. The molecule has 0 aromatic heterocycles. The zero-order valence-corrected chi connectivity index (χ0v) is 10.7. The van der Waals surface area contributed by atoms with Gasteiger partial charge in [0.05, 0.1) is 6.04 Å². The first-order chi connectivity index (χ1) is 9.35. The summed E-state index contributed by atoms with van der Waals surface area (Å²) < 4.78 is 39.9. The number of halogens is 3. The van der Waals surface area contributed by atoms with E-state index < -0.39 is 6.36 Å². The zero-order chi connectivity index (χ0) is 14.8. The number of amides is 1. The number of likely N-dealkylation sites (tertiary alicyclic amines) is 1. The van der Waals surface area contributed by atoms with E-state index >= 15 is 0 Å². The summed E-state index contributed by atoms with van der Waals surface area (Å²) in [4.78, 5) is 13.2. The maximum atomic E-state index is 12.0. The van der Waals surface area contributed by atoms with Crippen molar-refractivity contribution in [3.63, 3.8) is 0 Å². The third kappa shape index (κ3) is 3.86. The maximum absolute atomic E-state index is 12.0. The van der Waals surface area contributed by atoms with Gasteiger partial charge < -0.3 is 10.5 Å². The van der Waals surface area contributed by atoms with E-state index in [2.05, 4.69) is 4.74 Å². The van der Waals surface area contributed by atoms with Crippen molar-refractivity contribution in [1.82, 2.24) is 4.90 Å². The van der Waals surface area contributed by atoms with Gasteiger partial charge in [0, 0.05) is 6.54 Å². The predicted molar refractivity (Wildman–Crippen MR) is 65.8 cm³/mol. The van der Waals surface area contributed by atoms with Gasteiger partial charge >= 0.3 is 6.36 Å². The number of carbonyl (C=O) groups is 1. The molecule has 110 valence electrons. The number of alkyl halides is 3. The Morgan fingerprint density at radius 1 is 1.35 bits per heavy atom. The first kappa shape index (κ1) is 14.6. The molecule has 1 aromatic carbocycles. The van der Waals surface area contributed by atoms with Gasteiger partial charge in [0.25, 0.3) is 0 Å². The third-order valence-electron chi connectivity index (χ3n) is 3.23. The molecular formula is C13H15F3N2O2. The Labute approximate surface area is 114 Å². The highest BCUT2D eigenvalue weighted by molar-refractivity contribution is 5.80. The topological polar surface area (TPSA) is 55.6 Å². The molecule has 1 aliphatic heterocycles. The molecule has 7 heteroatoms. The molecule has 1 saturated heterocycles. The van der Waals surface area contributed by atoms with Crippen LogP contribution < -0.4 is 10.5 Å². The Hall–Kier alpha value is -1.76. The lowest BCUT2D eigenvalue weighted by Crippen LogP contribution is -2.39. The number of nitrogens with zero attached hydrogens (tertiary/aromatic N) is 1. The summed E-state index contributed by atoms with van der Waals surface area (Å²) >= 11 is 0. The van der Waals surface area contributed by atoms with Crippen molar-refractivity contribution in [2.24, 2.45) is 5.73 Å². The van der Waals surface area contributed by atoms with E-state index in [9.17, 15) is 18.0 Å². The molecule has 1 heterocycles. The number of hydrogen-bond donors (Lipinski definition) is 1. The van der Waals surface area contributed by atoms with E-state index in [1.165, 1.54) is 12.1 Å². The first-order valence-electron chi connectivity index (χ1n) is 6.23. The van der Waals surface area contributed by atoms with Crippen LogP contribution >= 0.6 is 0 Å². The van der Waals surface area contributed by atoms with Gasteiger partial charge in [-0.1, -0.05) is 12.1 Å². The van der Waals surface area contributed by atoms with Crippen molar-refractivity contribution in [3.8, 4) is 5.75 Å². The molecular weight excluding hydrogens is 273 g/mol. The predicted octanol–water partition coefficient (Wildman–Crippen LogP) is 2.03. The highest BCUT2D eigenvalue weighted by atomic mass is 19.4. The number of rotatable bonds is 4. The molecule has 0 saturated carbocycles. The van der Waals surface area contributed by atoms with Gasteiger partial charge in [-0.25, -0.2) is 0 Å². The quantitative estimate of drug-likeness (QED) is 0.922. The summed E-state index contributed by atoms with van der Waals surface area (Å²) in [6.07, 6.45) is -3.07. The summed E-state index contributed by atoms with van der Waals surface area (Å²) in [6.45, 7) is 1.24. The van der Waals surface area contributed by atoms with Crippen molar-refractivity contribution in [1.29, 1.82) is 0 Å². The Bertz CT molecular complexity index is 473. The zero-order valence-electron chi connectivity index (χ0n) is 10.7. The fourth-order valence-electron chi connectivity index (χ4n) is 2.37. The van der Waals surface area contributed by atoms with Crippen LogP contribution in [0.3, 0.4) is 0 Å². The second-order valence-electron chi connectivity index (χ2n) is 4.72. The number of primary amides is 1. The van der Waals surface area contributed by atoms with E-state index in [0.29, 0.717) is 6.54 Å². The molecule has 1 unspecified atom stereocenters. The summed E-state index contributed by atoms with van der Waals surface area (Å²) in [7, 11) is 0. The van der Waals surface area contributed by atoms with Crippen LogP contribution in [-0.2, 0) is 11.3 Å². The second kappa shape index (κ2) is 5.70. The monoisotopic (exact) mass is 288 g/mol. The molecule has 1 fully saturated rings. The van der Waals surface area contributed by atoms with Crippen LogP contribution in [0, 0.1) is 0 Å². The van der Waals surface area contributed by atoms with Crippen molar-refractivity contribution in [3.05, 3.63) is 29.8 Å². The molecule has 2 rings (SSSR count). The fraction of sp³-hybridized carbons (Fsp3) is 0.462. The fourth-order valence-corrected chi connectivity index (χ4v) is 2.37. The molecule has 4 nitrogen and oxygen atoms in total. The van der Waals surface area contributed by atoms with Crippen LogP contribution in [-0.4, -0.2) is 29.8 Å². The average Bonchev–Trinajstić information content (AvgIpc) is 2.78. The molecule has 0 aliphatic carbocycles. The smallest absolute Gasteiger partial charge is 0.406 e. The molecule has 1 aromatic rings. The van der Waals surface area contributed by atoms with Gasteiger partial charge in [-0.3, -0.25) is 9.69 Å². The van der Waals surface area contributed by atoms with Crippen molar-refractivity contribution in [2.75, 3.05) is 6.54 Å². The average molecular weight is 288 g/mol. The number of carbonyl (C=O) groups excluding carboxylic acids is 1. The van der Waals surface area contributed by atoms with Crippen LogP contribution in [0.15, 0.2) is 24.3 Å². The van der Waals surface area contributed by atoms with Gasteiger partial charge in [-0.05, 0) is 37.1 Å². The summed E-state index contributed by atoms with van der Waals surface area (Å²) in [6, 6.07) is 5.34. The third-order valence-corrected chi connectivity index (χ3v) is 3.23. The lowest BCUT2D eigenvalue weighted by molar-refractivity contribution is -0.274. The van der Waals surface area contributed by atoms with E-state index in [1.54, 1.807) is 12.1 Å². The number of nitrogens with two attached hydrogens (primary N) is 1. The lowest BCUT2D eigenvalue weighted by Gasteiger charge is -2.21. The van der Waals surface area contributed by atoms with Crippen LogP contribution in [0.5, 0.6) is 5.75 Å². The Balaban J connectivity index is 1.98. The van der Waals surface area contributed by atoms with E-state index in [-0.39, 0.29) is 17.7 Å². The largest absolute Gasteiger partial charge is 0.573 e. The minimum absolute atomic E-state index is 0.255. The van der Waals surface area contributed by atoms with Crippen molar-refractivity contribution in [2.45, 2.75) is 31.8 Å². The molecule has 0 bridgehead atoms. The van der Waals surface area contributed by atoms with E-state index in [1.807, 2.05) is 4.90 Å². The molecule has 0 radical (unpaired) electrons. The number of benzene rings is 1. The summed E-state index contributed by atoms with van der Waals surface area (Å²) in [5, 5.41) is 0. The molecule has 20 heavy (non-hydrogen) atoms. The minimum atomic E-state index is -4.69. The Morgan fingerprint density at radius 2 is 2.00 bits per heavy atom. The Kier molecular flexibility index (Phi) is 4.17. The highest BCUT2D eigenvalue weighted by Crippen LogP contribution is 2.24. The van der Waals surface area contributed by atoms with Gasteiger partial charge in [-0.15, -0.1) is 13.2 Å². The second-order valence-corrected chi connectivity index (χ2v) is 4.72. The molecule has 1 amide bonds. The number of ether oxygens (including phenoxy) is 1. The Morgan fingerprint density at radius 3 is 2.55 bits per heavy atom. The van der Waals surface area contributed by atoms with Crippen LogP contribution in [0.4, 0.5) is 13.2 Å². The van der Waals surface area contributed by atoms with E-state index in [4.69, 9.17) is 5.73 Å². The summed E-state index contributed by atoms with van der Waals surface area (Å²) in [5.41, 5.74) is 6.12. The number of hydrogen-bond acceptors (Lipinski definition) is 3. The van der Waals surface area contributed by atoms with Crippen molar-refractivity contribution < 1.29 is 22.7 Å². The highest BCUT2D eigenvalue weighted by Gasteiger charge is 2.31. The normalized spacial score (nSPS) is 20.1. The van der Waals surface area contributed by atoms with Gasteiger partial charge in [-0.2, -0.15) is 0 Å². The first-order valence-corrected chi connectivity index (χ1v) is 6.23. The van der Waals surface area contributed by atoms with Gasteiger partial charge in [0.15, 0.2) is 0 Å². The molecule has 1 aliphatic rings. The molecule has 2 N–H and O–H groups in total. The molecule has 1 atom stereocenters. The molecule has 0 spiro atoms. The standard InChI is InChI=1S/C13H15F3N2O2/c14-13(15,16)20-10-5-3-9(4-6-10)8-18-7-1-2-11(18)12(17)19/h3-6,11H,1-2,7-8H2,(H2,17,19). The maximum Gasteiger partial charge on any atom is 0.573 e. The van der Waals surface area contributed by atoms with Gasteiger partial charge in [0.2, 0.25) is 5.91 Å². The van der Waals surface area contributed by atoms with Crippen LogP contribution in [0.1, 0.15) is 18.4 Å². The SMILES string of the molecule is NC(=O)C1CCCN1Cc1ccc(OC(F)(F)F)cc1. The summed E-state index contributed by atoms with van der Waals surface area (Å²) in [5.74, 6) is -0.617. The van der Waals surface area contributed by atoms with Crippen LogP contribution in [0.25, 0.3) is 0 Å².